The standard InChI is InChI=1S/C20H27N3O5/c1-26-15-8-7-13(11-16(15)27-2)18-17(19(24)28-3)14(21-20(25)22-18)12-23-9-5-4-6-10-23/h7-8,11,18H,4-6,9-10,12H2,1-3H3,(H2,21,22,25). The highest BCUT2D eigenvalue weighted by atomic mass is 16.5. The number of rotatable bonds is 6. The fraction of sp³-hybridized carbons (Fsp3) is 0.500. The molecule has 8 nitrogen and oxygen atoms in total. The summed E-state index contributed by atoms with van der Waals surface area (Å²) in [5.74, 6) is 0.623. The lowest BCUT2D eigenvalue weighted by atomic mass is 9.94. The third-order valence-electron chi connectivity index (χ3n) is 5.13. The Kier molecular flexibility index (Phi) is 6.41. The van der Waals surface area contributed by atoms with Crippen molar-refractivity contribution in [3.8, 4) is 11.5 Å². The molecule has 0 saturated carbocycles. The number of amides is 2. The zero-order valence-electron chi connectivity index (χ0n) is 16.5. The first kappa shape index (κ1) is 20.0. The summed E-state index contributed by atoms with van der Waals surface area (Å²) in [6, 6.07) is 4.33. The molecule has 2 amide bonds. The van der Waals surface area contributed by atoms with Gasteiger partial charge in [0.2, 0.25) is 0 Å². The lowest BCUT2D eigenvalue weighted by Gasteiger charge is -2.33. The lowest BCUT2D eigenvalue weighted by molar-refractivity contribution is -0.136. The molecule has 1 fully saturated rings. The van der Waals surface area contributed by atoms with Gasteiger partial charge in [0.1, 0.15) is 0 Å². The van der Waals surface area contributed by atoms with Crippen LogP contribution in [0.15, 0.2) is 29.5 Å². The van der Waals surface area contributed by atoms with Crippen LogP contribution in [-0.2, 0) is 9.53 Å². The molecule has 8 heteroatoms. The van der Waals surface area contributed by atoms with E-state index in [1.54, 1.807) is 32.4 Å². The minimum absolute atomic E-state index is 0.348. The molecule has 0 aliphatic carbocycles. The molecule has 1 saturated heterocycles. The molecule has 3 rings (SSSR count). The highest BCUT2D eigenvalue weighted by Gasteiger charge is 2.34. The van der Waals surface area contributed by atoms with Gasteiger partial charge in [-0.25, -0.2) is 9.59 Å². The minimum Gasteiger partial charge on any atom is -0.493 e. The summed E-state index contributed by atoms with van der Waals surface area (Å²) in [7, 11) is 4.44. The molecule has 0 aromatic heterocycles. The van der Waals surface area contributed by atoms with Crippen molar-refractivity contribution in [2.75, 3.05) is 41.0 Å². The molecule has 1 aromatic rings. The van der Waals surface area contributed by atoms with Crippen LogP contribution in [0, 0.1) is 0 Å². The second kappa shape index (κ2) is 8.97. The van der Waals surface area contributed by atoms with Gasteiger partial charge in [-0.3, -0.25) is 4.90 Å². The largest absolute Gasteiger partial charge is 0.493 e. The number of benzene rings is 1. The van der Waals surface area contributed by atoms with Crippen LogP contribution >= 0.6 is 0 Å². The van der Waals surface area contributed by atoms with Crippen molar-refractivity contribution < 1.29 is 23.8 Å². The Morgan fingerprint density at radius 3 is 2.46 bits per heavy atom. The van der Waals surface area contributed by atoms with E-state index in [9.17, 15) is 9.59 Å². The quantitative estimate of drug-likeness (QED) is 0.723. The van der Waals surface area contributed by atoms with Crippen LogP contribution < -0.4 is 20.1 Å². The second-order valence-electron chi connectivity index (χ2n) is 6.87. The van der Waals surface area contributed by atoms with E-state index in [1.165, 1.54) is 13.5 Å². The van der Waals surface area contributed by atoms with Crippen molar-refractivity contribution in [1.29, 1.82) is 0 Å². The monoisotopic (exact) mass is 389 g/mol. The van der Waals surface area contributed by atoms with Gasteiger partial charge < -0.3 is 24.8 Å². The fourth-order valence-corrected chi connectivity index (χ4v) is 3.72. The van der Waals surface area contributed by atoms with Gasteiger partial charge in [-0.1, -0.05) is 12.5 Å². The average Bonchev–Trinajstić information content (AvgIpc) is 2.73. The van der Waals surface area contributed by atoms with Crippen molar-refractivity contribution in [2.45, 2.75) is 25.3 Å². The third-order valence-corrected chi connectivity index (χ3v) is 5.13. The van der Waals surface area contributed by atoms with E-state index in [4.69, 9.17) is 14.2 Å². The van der Waals surface area contributed by atoms with Crippen LogP contribution in [-0.4, -0.2) is 57.9 Å². The van der Waals surface area contributed by atoms with Crippen LogP contribution in [0.2, 0.25) is 0 Å². The fourth-order valence-electron chi connectivity index (χ4n) is 3.72. The Bertz CT molecular complexity index is 771. The number of hydrogen-bond acceptors (Lipinski definition) is 6. The van der Waals surface area contributed by atoms with Crippen molar-refractivity contribution in [2.24, 2.45) is 0 Å². The SMILES string of the molecule is COC(=O)C1=C(CN2CCCCC2)NC(=O)NC1c1ccc(OC)c(OC)c1. The maximum Gasteiger partial charge on any atom is 0.338 e. The average molecular weight is 389 g/mol. The van der Waals surface area contributed by atoms with Gasteiger partial charge >= 0.3 is 12.0 Å². The third kappa shape index (κ3) is 4.22. The molecule has 152 valence electrons. The van der Waals surface area contributed by atoms with E-state index < -0.39 is 12.0 Å². The predicted molar refractivity (Wildman–Crippen MR) is 103 cm³/mol. The van der Waals surface area contributed by atoms with Gasteiger partial charge in [-0.05, 0) is 43.6 Å². The van der Waals surface area contributed by atoms with Crippen LogP contribution in [0.5, 0.6) is 11.5 Å². The van der Waals surface area contributed by atoms with E-state index in [2.05, 4.69) is 15.5 Å². The van der Waals surface area contributed by atoms with E-state index in [0.717, 1.165) is 25.9 Å². The molecule has 2 heterocycles. The highest BCUT2D eigenvalue weighted by Crippen LogP contribution is 2.34. The van der Waals surface area contributed by atoms with Crippen molar-refractivity contribution >= 4 is 12.0 Å². The first-order valence-corrected chi connectivity index (χ1v) is 9.40. The summed E-state index contributed by atoms with van der Waals surface area (Å²) in [4.78, 5) is 27.2. The Morgan fingerprint density at radius 1 is 1.11 bits per heavy atom. The molecule has 2 N–H and O–H groups in total. The number of urea groups is 1. The highest BCUT2D eigenvalue weighted by molar-refractivity contribution is 5.95. The molecular formula is C20H27N3O5. The summed E-state index contributed by atoms with van der Waals surface area (Å²) in [6.45, 7) is 2.40. The van der Waals surface area contributed by atoms with E-state index in [0.29, 0.717) is 34.9 Å². The molecule has 2 aliphatic rings. The maximum absolute atomic E-state index is 12.6. The minimum atomic E-state index is -0.638. The number of nitrogens with zero attached hydrogens (tertiary/aromatic N) is 1. The summed E-state index contributed by atoms with van der Waals surface area (Å²) in [5.41, 5.74) is 1.70. The molecule has 0 radical (unpaired) electrons. The topological polar surface area (TPSA) is 89.1 Å². The van der Waals surface area contributed by atoms with Crippen LogP contribution in [0.1, 0.15) is 30.9 Å². The normalized spacial score (nSPS) is 20.2. The number of hydrogen-bond donors (Lipinski definition) is 2. The first-order valence-electron chi connectivity index (χ1n) is 9.40. The second-order valence-corrected chi connectivity index (χ2v) is 6.87. The van der Waals surface area contributed by atoms with Crippen molar-refractivity contribution in [3.63, 3.8) is 0 Å². The Balaban J connectivity index is 2.00. The molecule has 1 unspecified atom stereocenters. The Hall–Kier alpha value is -2.74. The first-order chi connectivity index (χ1) is 13.6. The number of nitrogens with one attached hydrogen (secondary N) is 2. The summed E-state index contributed by atoms with van der Waals surface area (Å²) < 4.78 is 15.7. The number of methoxy groups -OCH3 is 3. The Labute approximate surface area is 164 Å². The number of ether oxygens (including phenoxy) is 3. The summed E-state index contributed by atoms with van der Waals surface area (Å²) >= 11 is 0. The number of esters is 1. The van der Waals surface area contributed by atoms with Gasteiger partial charge in [0.05, 0.1) is 32.9 Å². The summed E-state index contributed by atoms with van der Waals surface area (Å²) in [6.07, 6.45) is 3.44. The van der Waals surface area contributed by atoms with Crippen molar-refractivity contribution in [3.05, 3.63) is 35.0 Å². The molecule has 0 spiro atoms. The zero-order chi connectivity index (χ0) is 20.1. The molecule has 2 aliphatic heterocycles. The molecule has 1 atom stereocenters. The van der Waals surface area contributed by atoms with E-state index >= 15 is 0 Å². The van der Waals surface area contributed by atoms with Crippen LogP contribution in [0.25, 0.3) is 0 Å². The van der Waals surface area contributed by atoms with E-state index in [-0.39, 0.29) is 6.03 Å². The maximum atomic E-state index is 12.6. The number of carbonyl (C=O) groups is 2. The van der Waals surface area contributed by atoms with E-state index in [1.807, 2.05) is 0 Å². The van der Waals surface area contributed by atoms with Crippen LogP contribution in [0.4, 0.5) is 4.79 Å². The molecular weight excluding hydrogens is 362 g/mol. The summed E-state index contributed by atoms with van der Waals surface area (Å²) in [5, 5.41) is 5.64. The van der Waals surface area contributed by atoms with Gasteiger partial charge in [0.15, 0.2) is 11.5 Å². The number of likely N-dealkylation sites (tertiary alicyclic amines) is 1. The number of carbonyl (C=O) groups excluding carboxylic acids is 2. The van der Waals surface area contributed by atoms with Gasteiger partial charge in [-0.15, -0.1) is 0 Å². The molecule has 0 bridgehead atoms. The van der Waals surface area contributed by atoms with Crippen molar-refractivity contribution in [1.82, 2.24) is 15.5 Å². The predicted octanol–water partition coefficient (Wildman–Crippen LogP) is 1.97. The smallest absolute Gasteiger partial charge is 0.338 e. The Morgan fingerprint density at radius 2 is 1.82 bits per heavy atom. The van der Waals surface area contributed by atoms with Crippen LogP contribution in [0.3, 0.4) is 0 Å². The zero-order valence-corrected chi connectivity index (χ0v) is 16.5. The van der Waals surface area contributed by atoms with Gasteiger partial charge in [-0.2, -0.15) is 0 Å². The van der Waals surface area contributed by atoms with Gasteiger partial charge in [0, 0.05) is 12.2 Å². The van der Waals surface area contributed by atoms with Gasteiger partial charge in [0.25, 0.3) is 0 Å². The number of piperidine rings is 1. The lowest BCUT2D eigenvalue weighted by Crippen LogP contribution is -2.48. The molecule has 1 aromatic carbocycles. The molecule has 28 heavy (non-hydrogen) atoms.